The lowest BCUT2D eigenvalue weighted by atomic mass is 10.2. The van der Waals surface area contributed by atoms with Crippen LogP contribution in [-0.4, -0.2) is 16.0 Å². The molecule has 4 heteroatoms. The Morgan fingerprint density at radius 2 is 2.43 bits per heavy atom. The normalized spacial score (nSPS) is 24.6. The summed E-state index contributed by atoms with van der Waals surface area (Å²) >= 11 is 0. The quantitative estimate of drug-likeness (QED) is 0.761. The van der Waals surface area contributed by atoms with E-state index in [1.54, 1.807) is 12.4 Å². The molecular weight excluding hydrogens is 176 g/mol. The molecule has 0 aromatic carbocycles. The second kappa shape index (κ2) is 3.82. The van der Waals surface area contributed by atoms with Crippen LogP contribution in [0, 0.1) is 5.92 Å². The predicted molar refractivity (Wildman–Crippen MR) is 56.9 cm³/mol. The molecule has 0 aliphatic heterocycles. The standard InChI is InChI=1S/C10H16N4/c1-2-3-7-4-8(7)13-10-6-12-5-9(11)14-10/h5-8H,2-4H2,1H3,(H3,11,13,14). The molecule has 76 valence electrons. The van der Waals surface area contributed by atoms with E-state index in [2.05, 4.69) is 22.2 Å². The maximum atomic E-state index is 5.53. The highest BCUT2D eigenvalue weighted by Gasteiger charge is 2.36. The van der Waals surface area contributed by atoms with E-state index in [0.29, 0.717) is 11.9 Å². The van der Waals surface area contributed by atoms with Gasteiger partial charge in [-0.05, 0) is 18.8 Å². The number of hydrogen-bond donors (Lipinski definition) is 2. The van der Waals surface area contributed by atoms with Crippen molar-refractivity contribution in [3.05, 3.63) is 12.4 Å². The molecule has 1 heterocycles. The van der Waals surface area contributed by atoms with Gasteiger partial charge in [0, 0.05) is 6.04 Å². The van der Waals surface area contributed by atoms with E-state index in [9.17, 15) is 0 Å². The molecule has 3 N–H and O–H groups in total. The van der Waals surface area contributed by atoms with Crippen LogP contribution in [0.2, 0.25) is 0 Å². The number of nitrogen functional groups attached to an aromatic ring is 1. The van der Waals surface area contributed by atoms with Gasteiger partial charge in [0.25, 0.3) is 0 Å². The summed E-state index contributed by atoms with van der Waals surface area (Å²) in [6.45, 7) is 2.22. The Morgan fingerprint density at radius 1 is 1.57 bits per heavy atom. The van der Waals surface area contributed by atoms with Gasteiger partial charge in [0.1, 0.15) is 11.6 Å². The summed E-state index contributed by atoms with van der Waals surface area (Å²) in [6, 6.07) is 0.589. The second-order valence-electron chi connectivity index (χ2n) is 3.86. The van der Waals surface area contributed by atoms with Crippen molar-refractivity contribution in [2.45, 2.75) is 32.2 Å². The Kier molecular flexibility index (Phi) is 2.52. The van der Waals surface area contributed by atoms with Gasteiger partial charge >= 0.3 is 0 Å². The van der Waals surface area contributed by atoms with Crippen molar-refractivity contribution in [3.63, 3.8) is 0 Å². The molecule has 14 heavy (non-hydrogen) atoms. The van der Waals surface area contributed by atoms with E-state index in [-0.39, 0.29) is 0 Å². The minimum Gasteiger partial charge on any atom is -0.382 e. The molecule has 0 bridgehead atoms. The molecule has 2 unspecified atom stereocenters. The molecule has 0 spiro atoms. The van der Waals surface area contributed by atoms with Crippen molar-refractivity contribution < 1.29 is 0 Å². The van der Waals surface area contributed by atoms with Crippen LogP contribution in [0.15, 0.2) is 12.4 Å². The predicted octanol–water partition coefficient (Wildman–Crippen LogP) is 1.66. The monoisotopic (exact) mass is 192 g/mol. The van der Waals surface area contributed by atoms with Gasteiger partial charge in [-0.2, -0.15) is 0 Å². The average molecular weight is 192 g/mol. The van der Waals surface area contributed by atoms with E-state index in [1.807, 2.05) is 0 Å². The van der Waals surface area contributed by atoms with Gasteiger partial charge in [-0.3, -0.25) is 4.98 Å². The zero-order valence-corrected chi connectivity index (χ0v) is 8.40. The molecule has 2 rings (SSSR count). The maximum Gasteiger partial charge on any atom is 0.147 e. The number of anilines is 2. The molecule has 1 aromatic heterocycles. The van der Waals surface area contributed by atoms with E-state index in [0.717, 1.165) is 11.7 Å². The zero-order valence-electron chi connectivity index (χ0n) is 8.40. The molecule has 1 fully saturated rings. The first kappa shape index (κ1) is 9.24. The fraction of sp³-hybridized carbons (Fsp3) is 0.600. The maximum absolute atomic E-state index is 5.53. The number of nitrogens with one attached hydrogen (secondary N) is 1. The van der Waals surface area contributed by atoms with Gasteiger partial charge in [0.15, 0.2) is 0 Å². The third kappa shape index (κ3) is 2.13. The molecule has 0 saturated heterocycles. The van der Waals surface area contributed by atoms with E-state index >= 15 is 0 Å². The molecule has 0 radical (unpaired) electrons. The van der Waals surface area contributed by atoms with E-state index in [4.69, 9.17) is 5.73 Å². The molecule has 1 aliphatic rings. The van der Waals surface area contributed by atoms with Crippen molar-refractivity contribution in [2.24, 2.45) is 5.92 Å². The van der Waals surface area contributed by atoms with Crippen LogP contribution < -0.4 is 11.1 Å². The number of nitrogens with zero attached hydrogens (tertiary/aromatic N) is 2. The third-order valence-electron chi connectivity index (χ3n) is 2.57. The number of nitrogens with two attached hydrogens (primary N) is 1. The molecule has 1 saturated carbocycles. The van der Waals surface area contributed by atoms with Gasteiger partial charge in [0.05, 0.1) is 12.4 Å². The zero-order chi connectivity index (χ0) is 9.97. The third-order valence-corrected chi connectivity index (χ3v) is 2.57. The fourth-order valence-corrected chi connectivity index (χ4v) is 1.75. The molecule has 2 atom stereocenters. The lowest BCUT2D eigenvalue weighted by Crippen LogP contribution is -2.07. The molecule has 4 nitrogen and oxygen atoms in total. The summed E-state index contributed by atoms with van der Waals surface area (Å²) in [4.78, 5) is 8.14. The smallest absolute Gasteiger partial charge is 0.147 e. The topological polar surface area (TPSA) is 63.8 Å². The Morgan fingerprint density at radius 3 is 3.14 bits per heavy atom. The molecule has 0 amide bonds. The summed E-state index contributed by atoms with van der Waals surface area (Å²) in [5.41, 5.74) is 5.53. The highest BCUT2D eigenvalue weighted by molar-refractivity contribution is 5.40. The Hall–Kier alpha value is -1.32. The van der Waals surface area contributed by atoms with Crippen molar-refractivity contribution in [3.8, 4) is 0 Å². The number of hydrogen-bond acceptors (Lipinski definition) is 4. The molecule has 1 aromatic rings. The lowest BCUT2D eigenvalue weighted by molar-refractivity contribution is 0.692. The molecule has 1 aliphatic carbocycles. The van der Waals surface area contributed by atoms with Gasteiger partial charge < -0.3 is 11.1 Å². The van der Waals surface area contributed by atoms with Gasteiger partial charge in [0.2, 0.25) is 0 Å². The summed E-state index contributed by atoms with van der Waals surface area (Å²) in [6.07, 6.45) is 7.09. The van der Waals surface area contributed by atoms with E-state index < -0.39 is 0 Å². The summed E-state index contributed by atoms with van der Waals surface area (Å²) < 4.78 is 0. The van der Waals surface area contributed by atoms with E-state index in [1.165, 1.54) is 19.3 Å². The van der Waals surface area contributed by atoms with Crippen LogP contribution in [0.25, 0.3) is 0 Å². The van der Waals surface area contributed by atoms with Crippen molar-refractivity contribution in [1.82, 2.24) is 9.97 Å². The molecular formula is C10H16N4. The average Bonchev–Trinajstić information content (AvgIpc) is 2.84. The first-order valence-electron chi connectivity index (χ1n) is 5.13. The fourth-order valence-electron chi connectivity index (χ4n) is 1.75. The van der Waals surface area contributed by atoms with Crippen LogP contribution >= 0.6 is 0 Å². The van der Waals surface area contributed by atoms with Crippen LogP contribution in [0.3, 0.4) is 0 Å². The van der Waals surface area contributed by atoms with Crippen LogP contribution in [0.1, 0.15) is 26.2 Å². The first-order valence-corrected chi connectivity index (χ1v) is 5.13. The van der Waals surface area contributed by atoms with Gasteiger partial charge in [-0.15, -0.1) is 0 Å². The first-order chi connectivity index (χ1) is 6.79. The van der Waals surface area contributed by atoms with Gasteiger partial charge in [-0.25, -0.2) is 4.98 Å². The number of rotatable bonds is 4. The van der Waals surface area contributed by atoms with Crippen molar-refractivity contribution >= 4 is 11.6 Å². The highest BCUT2D eigenvalue weighted by atomic mass is 15.1. The lowest BCUT2D eigenvalue weighted by Gasteiger charge is -2.04. The van der Waals surface area contributed by atoms with Crippen molar-refractivity contribution in [1.29, 1.82) is 0 Å². The van der Waals surface area contributed by atoms with Crippen LogP contribution in [0.5, 0.6) is 0 Å². The SMILES string of the molecule is CCCC1CC1Nc1cncc(N)n1. The summed E-state index contributed by atoms with van der Waals surface area (Å²) in [7, 11) is 0. The van der Waals surface area contributed by atoms with Crippen LogP contribution in [0.4, 0.5) is 11.6 Å². The minimum absolute atomic E-state index is 0.475. The minimum atomic E-state index is 0.475. The number of aromatic nitrogens is 2. The second-order valence-corrected chi connectivity index (χ2v) is 3.86. The largest absolute Gasteiger partial charge is 0.382 e. The Balaban J connectivity index is 1.87. The summed E-state index contributed by atoms with van der Waals surface area (Å²) in [5, 5.41) is 3.34. The Labute approximate surface area is 83.9 Å². The van der Waals surface area contributed by atoms with Crippen molar-refractivity contribution in [2.75, 3.05) is 11.1 Å². The summed E-state index contributed by atoms with van der Waals surface area (Å²) in [5.74, 6) is 2.10. The van der Waals surface area contributed by atoms with Crippen LogP contribution in [-0.2, 0) is 0 Å². The Bertz CT molecular complexity index is 313. The van der Waals surface area contributed by atoms with Gasteiger partial charge in [-0.1, -0.05) is 13.3 Å². The highest BCUT2D eigenvalue weighted by Crippen LogP contribution is 2.36.